The zero-order valence-electron chi connectivity index (χ0n) is 9.06. The van der Waals surface area contributed by atoms with Gasteiger partial charge in [0.1, 0.15) is 0 Å². The van der Waals surface area contributed by atoms with Crippen LogP contribution in [-0.2, 0) is 0 Å². The minimum atomic E-state index is 0.743. The van der Waals surface area contributed by atoms with E-state index in [9.17, 15) is 0 Å². The highest BCUT2D eigenvalue weighted by atomic mass is 79.9. The molecule has 0 spiro atoms. The third kappa shape index (κ3) is 4.41. The van der Waals surface area contributed by atoms with Gasteiger partial charge in [0.2, 0.25) is 0 Å². The Bertz CT molecular complexity index is 315. The first-order valence-electron chi connectivity index (χ1n) is 4.94. The zero-order chi connectivity index (χ0) is 11.3. The van der Waals surface area contributed by atoms with Gasteiger partial charge in [-0.3, -0.25) is 0 Å². The van der Waals surface area contributed by atoms with Gasteiger partial charge in [-0.2, -0.15) is 0 Å². The van der Waals surface area contributed by atoms with Gasteiger partial charge in [-0.25, -0.2) is 0 Å². The van der Waals surface area contributed by atoms with Gasteiger partial charge < -0.3 is 10.2 Å². The summed E-state index contributed by atoms with van der Waals surface area (Å²) >= 11 is 9.44. The smallest absolute Gasteiger partial charge is 0.0593 e. The van der Waals surface area contributed by atoms with Crippen LogP contribution in [0.4, 0.5) is 5.69 Å². The first kappa shape index (κ1) is 12.8. The summed E-state index contributed by atoms with van der Waals surface area (Å²) < 4.78 is 0.941. The number of nitrogens with zero attached hydrogens (tertiary/aromatic N) is 1. The van der Waals surface area contributed by atoms with Gasteiger partial charge in [0.15, 0.2) is 0 Å². The van der Waals surface area contributed by atoms with Crippen LogP contribution in [-0.4, -0.2) is 32.1 Å². The molecule has 0 aliphatic heterocycles. The second kappa shape index (κ2) is 6.36. The molecule has 4 heteroatoms. The molecule has 0 heterocycles. The van der Waals surface area contributed by atoms with Gasteiger partial charge in [-0.05, 0) is 55.1 Å². The van der Waals surface area contributed by atoms with Crippen LogP contribution in [0.5, 0.6) is 0 Å². The molecule has 0 aromatic heterocycles. The van der Waals surface area contributed by atoms with Crippen molar-refractivity contribution in [3.05, 3.63) is 27.7 Å². The Balaban J connectivity index is 2.41. The fourth-order valence-corrected chi connectivity index (χ4v) is 1.84. The van der Waals surface area contributed by atoms with Gasteiger partial charge in [0, 0.05) is 12.2 Å². The van der Waals surface area contributed by atoms with Crippen LogP contribution in [0.1, 0.15) is 6.42 Å². The first-order valence-corrected chi connectivity index (χ1v) is 6.11. The third-order valence-corrected chi connectivity index (χ3v) is 3.45. The second-order valence-electron chi connectivity index (χ2n) is 3.68. The van der Waals surface area contributed by atoms with Crippen molar-refractivity contribution in [2.75, 3.05) is 32.5 Å². The minimum absolute atomic E-state index is 0.743. The largest absolute Gasteiger partial charge is 0.384 e. The molecule has 0 aliphatic rings. The maximum atomic E-state index is 5.98. The number of hydrogen-bond donors (Lipinski definition) is 1. The fourth-order valence-electron chi connectivity index (χ4n) is 1.26. The van der Waals surface area contributed by atoms with Crippen molar-refractivity contribution >= 4 is 33.2 Å². The molecule has 1 rings (SSSR count). The molecule has 84 valence electrons. The van der Waals surface area contributed by atoms with Crippen molar-refractivity contribution in [2.45, 2.75) is 6.42 Å². The monoisotopic (exact) mass is 290 g/mol. The van der Waals surface area contributed by atoms with E-state index in [1.54, 1.807) is 0 Å². The van der Waals surface area contributed by atoms with Crippen molar-refractivity contribution in [1.29, 1.82) is 0 Å². The second-order valence-corrected chi connectivity index (χ2v) is 4.89. The van der Waals surface area contributed by atoms with E-state index in [2.05, 4.69) is 40.2 Å². The van der Waals surface area contributed by atoms with E-state index in [1.807, 2.05) is 18.2 Å². The van der Waals surface area contributed by atoms with Gasteiger partial charge in [-0.1, -0.05) is 17.7 Å². The molecule has 0 amide bonds. The Hall–Kier alpha value is -0.250. The Morgan fingerprint density at radius 3 is 2.80 bits per heavy atom. The highest BCUT2D eigenvalue weighted by molar-refractivity contribution is 9.10. The molecule has 2 nitrogen and oxygen atoms in total. The molecule has 0 bridgehead atoms. The summed E-state index contributed by atoms with van der Waals surface area (Å²) in [6, 6.07) is 5.84. The van der Waals surface area contributed by atoms with E-state index in [-0.39, 0.29) is 0 Å². The summed E-state index contributed by atoms with van der Waals surface area (Å²) in [5.41, 5.74) is 1.06. The molecule has 0 atom stereocenters. The summed E-state index contributed by atoms with van der Waals surface area (Å²) in [6.45, 7) is 2.04. The fraction of sp³-hybridized carbons (Fsp3) is 0.455. The van der Waals surface area contributed by atoms with Crippen LogP contribution in [0.3, 0.4) is 0 Å². The average Bonchev–Trinajstić information content (AvgIpc) is 2.18. The van der Waals surface area contributed by atoms with Crippen molar-refractivity contribution < 1.29 is 0 Å². The Kier molecular flexibility index (Phi) is 5.43. The predicted molar refractivity (Wildman–Crippen MR) is 70.8 cm³/mol. The Morgan fingerprint density at radius 1 is 1.40 bits per heavy atom. The summed E-state index contributed by atoms with van der Waals surface area (Å²) in [5, 5.41) is 4.09. The average molecular weight is 292 g/mol. The Labute approximate surface area is 105 Å². The predicted octanol–water partition coefficient (Wildman–Crippen LogP) is 3.47. The molecule has 1 aromatic carbocycles. The summed E-state index contributed by atoms with van der Waals surface area (Å²) in [4.78, 5) is 2.18. The van der Waals surface area contributed by atoms with E-state index >= 15 is 0 Å². The molecule has 0 saturated carbocycles. The van der Waals surface area contributed by atoms with Gasteiger partial charge in [0.05, 0.1) is 9.50 Å². The van der Waals surface area contributed by atoms with Crippen molar-refractivity contribution in [3.8, 4) is 0 Å². The topological polar surface area (TPSA) is 15.3 Å². The molecular weight excluding hydrogens is 275 g/mol. The molecule has 1 aromatic rings. The maximum absolute atomic E-state index is 5.98. The van der Waals surface area contributed by atoms with E-state index < -0.39 is 0 Å². The Morgan fingerprint density at radius 2 is 2.13 bits per heavy atom. The maximum Gasteiger partial charge on any atom is 0.0593 e. The van der Waals surface area contributed by atoms with Gasteiger partial charge in [0.25, 0.3) is 0 Å². The lowest BCUT2D eigenvalue weighted by Crippen LogP contribution is -2.16. The first-order chi connectivity index (χ1) is 7.11. The highest BCUT2D eigenvalue weighted by Gasteiger charge is 2.02. The van der Waals surface area contributed by atoms with Crippen molar-refractivity contribution in [3.63, 3.8) is 0 Å². The quantitative estimate of drug-likeness (QED) is 0.836. The van der Waals surface area contributed by atoms with Crippen LogP contribution < -0.4 is 5.32 Å². The van der Waals surface area contributed by atoms with Crippen LogP contribution in [0.15, 0.2) is 22.7 Å². The number of halogens is 2. The summed E-state index contributed by atoms with van der Waals surface area (Å²) in [7, 11) is 4.16. The summed E-state index contributed by atoms with van der Waals surface area (Å²) in [6.07, 6.45) is 1.12. The van der Waals surface area contributed by atoms with Crippen LogP contribution in [0, 0.1) is 0 Å². The molecule has 0 fully saturated rings. The van der Waals surface area contributed by atoms with Crippen molar-refractivity contribution in [1.82, 2.24) is 4.90 Å². The lowest BCUT2D eigenvalue weighted by atomic mass is 10.3. The highest BCUT2D eigenvalue weighted by Crippen LogP contribution is 2.29. The molecule has 1 N–H and O–H groups in total. The van der Waals surface area contributed by atoms with E-state index in [4.69, 9.17) is 11.6 Å². The molecule has 0 radical (unpaired) electrons. The molecule has 15 heavy (non-hydrogen) atoms. The lowest BCUT2D eigenvalue weighted by molar-refractivity contribution is 0.405. The van der Waals surface area contributed by atoms with E-state index in [1.165, 1.54) is 0 Å². The molecule has 0 aliphatic carbocycles. The van der Waals surface area contributed by atoms with Gasteiger partial charge in [-0.15, -0.1) is 0 Å². The van der Waals surface area contributed by atoms with E-state index in [0.29, 0.717) is 0 Å². The molecule has 0 unspecified atom stereocenters. The summed E-state index contributed by atoms with van der Waals surface area (Å²) in [5.74, 6) is 0. The van der Waals surface area contributed by atoms with E-state index in [0.717, 1.165) is 34.7 Å². The SMILES string of the molecule is CN(C)CCCNc1cccc(Cl)c1Br. The third-order valence-electron chi connectivity index (χ3n) is 2.05. The molecular formula is C11H16BrClN2. The standard InChI is InChI=1S/C11H16BrClN2/c1-15(2)8-4-7-14-10-6-3-5-9(13)11(10)12/h3,5-6,14H,4,7-8H2,1-2H3. The van der Waals surface area contributed by atoms with Crippen LogP contribution >= 0.6 is 27.5 Å². The van der Waals surface area contributed by atoms with Crippen LogP contribution in [0.25, 0.3) is 0 Å². The number of anilines is 1. The minimum Gasteiger partial charge on any atom is -0.384 e. The van der Waals surface area contributed by atoms with Crippen molar-refractivity contribution in [2.24, 2.45) is 0 Å². The normalized spacial score (nSPS) is 10.7. The molecule has 0 saturated heterocycles. The number of hydrogen-bond acceptors (Lipinski definition) is 2. The lowest BCUT2D eigenvalue weighted by Gasteiger charge is -2.12. The zero-order valence-corrected chi connectivity index (χ0v) is 11.4. The van der Waals surface area contributed by atoms with Crippen LogP contribution in [0.2, 0.25) is 5.02 Å². The van der Waals surface area contributed by atoms with Gasteiger partial charge >= 0.3 is 0 Å². The number of rotatable bonds is 5. The number of nitrogens with one attached hydrogen (secondary N) is 1. The number of benzene rings is 1.